The van der Waals surface area contributed by atoms with Crippen molar-refractivity contribution in [2.75, 3.05) is 6.54 Å². The Balaban J connectivity index is 1.90. The Bertz CT molecular complexity index is 1050. The summed E-state index contributed by atoms with van der Waals surface area (Å²) < 4.78 is 5.60. The van der Waals surface area contributed by atoms with E-state index in [0.29, 0.717) is 23.7 Å². The highest BCUT2D eigenvalue weighted by Gasteiger charge is 2.25. The van der Waals surface area contributed by atoms with Crippen molar-refractivity contribution in [1.29, 1.82) is 0 Å². The zero-order valence-corrected chi connectivity index (χ0v) is 16.7. The molecule has 146 valence electrons. The summed E-state index contributed by atoms with van der Waals surface area (Å²) in [6.07, 6.45) is 4.56. The molecule has 0 spiro atoms. The minimum atomic E-state index is -0.431. The van der Waals surface area contributed by atoms with Gasteiger partial charge in [-0.3, -0.25) is 4.90 Å². The fraction of sp³-hybridized carbons (Fsp3) is 0.348. The standard InChI is InChI=1S/C23H24ClNO3/c1-2-16-10-6-7-11-25(16)14-19-22(27)20(24)12-18-17(13-21(26)28-23(18)19)15-8-4-3-5-9-15/h3-5,8-9,12-13,16,27H,2,6-7,10-11,14H2,1H3/t16-/m1/s1. The van der Waals surface area contributed by atoms with Gasteiger partial charge in [-0.05, 0) is 43.0 Å². The third-order valence-electron chi connectivity index (χ3n) is 5.72. The van der Waals surface area contributed by atoms with E-state index in [1.165, 1.54) is 12.5 Å². The Hall–Kier alpha value is -2.30. The second-order valence-corrected chi connectivity index (χ2v) is 7.84. The molecular formula is C23H24ClNO3. The maximum atomic E-state index is 12.3. The van der Waals surface area contributed by atoms with Crippen molar-refractivity contribution in [3.8, 4) is 16.9 Å². The molecule has 1 fully saturated rings. The Morgan fingerprint density at radius 2 is 2.00 bits per heavy atom. The molecule has 0 saturated carbocycles. The number of nitrogens with zero attached hydrogens (tertiary/aromatic N) is 1. The van der Waals surface area contributed by atoms with Crippen LogP contribution in [0, 0.1) is 0 Å². The SMILES string of the molecule is CC[C@@H]1CCCCN1Cc1c(O)c(Cl)cc2c(-c3ccccc3)cc(=O)oc12. The lowest BCUT2D eigenvalue weighted by molar-refractivity contribution is 0.135. The number of hydrogen-bond donors (Lipinski definition) is 1. The average molecular weight is 398 g/mol. The van der Waals surface area contributed by atoms with Gasteiger partial charge in [0.15, 0.2) is 0 Å². The fourth-order valence-electron chi connectivity index (χ4n) is 4.25. The quantitative estimate of drug-likeness (QED) is 0.583. The van der Waals surface area contributed by atoms with E-state index in [9.17, 15) is 9.90 Å². The van der Waals surface area contributed by atoms with Gasteiger partial charge in [0, 0.05) is 24.0 Å². The van der Waals surface area contributed by atoms with Crippen molar-refractivity contribution < 1.29 is 9.52 Å². The van der Waals surface area contributed by atoms with Crippen LogP contribution in [-0.2, 0) is 6.54 Å². The molecule has 1 atom stereocenters. The number of aromatic hydroxyl groups is 1. The molecule has 1 N–H and O–H groups in total. The molecule has 4 rings (SSSR count). The van der Waals surface area contributed by atoms with Crippen molar-refractivity contribution in [2.24, 2.45) is 0 Å². The van der Waals surface area contributed by atoms with Gasteiger partial charge in [-0.2, -0.15) is 0 Å². The Labute approximate surface area is 169 Å². The summed E-state index contributed by atoms with van der Waals surface area (Å²) in [5, 5.41) is 11.7. The first-order valence-electron chi connectivity index (χ1n) is 9.86. The van der Waals surface area contributed by atoms with E-state index in [2.05, 4.69) is 11.8 Å². The van der Waals surface area contributed by atoms with Gasteiger partial charge in [-0.1, -0.05) is 55.3 Å². The number of phenols is 1. The minimum Gasteiger partial charge on any atom is -0.506 e. The van der Waals surface area contributed by atoms with Crippen molar-refractivity contribution >= 4 is 22.6 Å². The smallest absolute Gasteiger partial charge is 0.336 e. The molecule has 0 bridgehead atoms. The number of piperidine rings is 1. The summed E-state index contributed by atoms with van der Waals surface area (Å²) in [6, 6.07) is 13.3. The highest BCUT2D eigenvalue weighted by Crippen LogP contribution is 2.39. The van der Waals surface area contributed by atoms with Crippen molar-refractivity contribution in [1.82, 2.24) is 4.90 Å². The topological polar surface area (TPSA) is 53.7 Å². The van der Waals surface area contributed by atoms with E-state index in [1.807, 2.05) is 30.3 Å². The molecule has 0 amide bonds. The zero-order valence-electron chi connectivity index (χ0n) is 16.0. The molecule has 1 saturated heterocycles. The van der Waals surface area contributed by atoms with Crippen LogP contribution in [0.4, 0.5) is 0 Å². The highest BCUT2D eigenvalue weighted by atomic mass is 35.5. The maximum Gasteiger partial charge on any atom is 0.336 e. The van der Waals surface area contributed by atoms with Crippen LogP contribution in [0.15, 0.2) is 51.7 Å². The Morgan fingerprint density at radius 1 is 1.21 bits per heavy atom. The number of phenolic OH excluding ortho intramolecular Hbond substituents is 1. The predicted octanol–water partition coefficient (Wildman–Crippen LogP) is 5.58. The van der Waals surface area contributed by atoms with Crippen LogP contribution in [0.1, 0.15) is 38.2 Å². The highest BCUT2D eigenvalue weighted by molar-refractivity contribution is 6.33. The maximum absolute atomic E-state index is 12.3. The van der Waals surface area contributed by atoms with Gasteiger partial charge in [0.05, 0.1) is 10.6 Å². The summed E-state index contributed by atoms with van der Waals surface area (Å²) in [5.41, 5.74) is 2.27. The number of hydrogen-bond acceptors (Lipinski definition) is 4. The van der Waals surface area contributed by atoms with Crippen LogP contribution < -0.4 is 5.63 Å². The number of likely N-dealkylation sites (tertiary alicyclic amines) is 1. The summed E-state index contributed by atoms with van der Waals surface area (Å²) in [7, 11) is 0. The zero-order chi connectivity index (χ0) is 19.7. The number of halogens is 1. The lowest BCUT2D eigenvalue weighted by Crippen LogP contribution is -2.38. The first kappa shape index (κ1) is 19.0. The van der Waals surface area contributed by atoms with E-state index in [0.717, 1.165) is 42.3 Å². The first-order chi connectivity index (χ1) is 13.6. The van der Waals surface area contributed by atoms with Gasteiger partial charge in [-0.25, -0.2) is 4.79 Å². The molecule has 1 aliphatic heterocycles. The molecule has 28 heavy (non-hydrogen) atoms. The molecule has 4 nitrogen and oxygen atoms in total. The monoisotopic (exact) mass is 397 g/mol. The summed E-state index contributed by atoms with van der Waals surface area (Å²) in [5.74, 6) is 0.00274. The van der Waals surface area contributed by atoms with Crippen LogP contribution in [0.3, 0.4) is 0 Å². The van der Waals surface area contributed by atoms with E-state index in [1.54, 1.807) is 6.07 Å². The summed E-state index contributed by atoms with van der Waals surface area (Å²) in [4.78, 5) is 14.7. The predicted molar refractivity (Wildman–Crippen MR) is 113 cm³/mol. The van der Waals surface area contributed by atoms with Crippen LogP contribution in [0.25, 0.3) is 22.1 Å². The first-order valence-corrected chi connectivity index (χ1v) is 10.2. The Kier molecular flexibility index (Phi) is 5.42. The third kappa shape index (κ3) is 3.54. The molecule has 2 heterocycles. The molecule has 0 aliphatic carbocycles. The van der Waals surface area contributed by atoms with E-state index >= 15 is 0 Å². The molecule has 1 aliphatic rings. The van der Waals surface area contributed by atoms with Crippen LogP contribution in [-0.4, -0.2) is 22.6 Å². The van der Waals surface area contributed by atoms with Gasteiger partial charge < -0.3 is 9.52 Å². The molecule has 2 aromatic carbocycles. The van der Waals surface area contributed by atoms with E-state index in [-0.39, 0.29) is 10.8 Å². The van der Waals surface area contributed by atoms with Gasteiger partial charge in [0.2, 0.25) is 0 Å². The number of rotatable bonds is 4. The lowest BCUT2D eigenvalue weighted by atomic mass is 9.97. The summed E-state index contributed by atoms with van der Waals surface area (Å²) >= 11 is 6.39. The molecular weight excluding hydrogens is 374 g/mol. The van der Waals surface area contributed by atoms with Crippen LogP contribution in [0.5, 0.6) is 5.75 Å². The van der Waals surface area contributed by atoms with Crippen molar-refractivity contribution in [3.63, 3.8) is 0 Å². The summed E-state index contributed by atoms with van der Waals surface area (Å²) in [6.45, 7) is 3.67. The molecule has 3 aromatic rings. The fourth-order valence-corrected chi connectivity index (χ4v) is 4.48. The molecule has 1 aromatic heterocycles. The van der Waals surface area contributed by atoms with E-state index < -0.39 is 5.63 Å². The second-order valence-electron chi connectivity index (χ2n) is 7.44. The van der Waals surface area contributed by atoms with Gasteiger partial charge >= 0.3 is 5.63 Å². The van der Waals surface area contributed by atoms with E-state index in [4.69, 9.17) is 16.0 Å². The lowest BCUT2D eigenvalue weighted by Gasteiger charge is -2.35. The number of fused-ring (bicyclic) bond motifs is 1. The van der Waals surface area contributed by atoms with Crippen LogP contribution >= 0.6 is 11.6 Å². The van der Waals surface area contributed by atoms with Gasteiger partial charge in [-0.15, -0.1) is 0 Å². The second kappa shape index (κ2) is 7.98. The third-order valence-corrected chi connectivity index (χ3v) is 6.01. The average Bonchev–Trinajstić information content (AvgIpc) is 2.72. The van der Waals surface area contributed by atoms with Gasteiger partial charge in [0.1, 0.15) is 11.3 Å². The molecule has 0 radical (unpaired) electrons. The molecule has 5 heteroatoms. The number of benzene rings is 2. The normalized spacial score (nSPS) is 17.9. The minimum absolute atomic E-state index is 0.00274. The molecule has 0 unspecified atom stereocenters. The largest absolute Gasteiger partial charge is 0.506 e. The van der Waals surface area contributed by atoms with Crippen LogP contribution in [0.2, 0.25) is 5.02 Å². The van der Waals surface area contributed by atoms with Crippen molar-refractivity contribution in [3.05, 3.63) is 63.5 Å². The Morgan fingerprint density at radius 3 is 2.75 bits per heavy atom. The van der Waals surface area contributed by atoms with Crippen molar-refractivity contribution in [2.45, 2.75) is 45.2 Å². The van der Waals surface area contributed by atoms with Gasteiger partial charge in [0.25, 0.3) is 0 Å².